The van der Waals surface area contributed by atoms with Crippen LogP contribution in [0.3, 0.4) is 0 Å². The minimum absolute atomic E-state index is 0.478. The second-order valence-corrected chi connectivity index (χ2v) is 6.34. The van der Waals surface area contributed by atoms with Gasteiger partial charge in [-0.1, -0.05) is 12.1 Å². The number of fused-ring (bicyclic) bond motifs is 1. The minimum Gasteiger partial charge on any atom is -0.264 e. The molecule has 0 amide bonds. The molecule has 0 saturated heterocycles. The summed E-state index contributed by atoms with van der Waals surface area (Å²) in [5.74, 6) is -0.917. The summed E-state index contributed by atoms with van der Waals surface area (Å²) in [6.07, 6.45) is 3.90. The normalized spacial score (nSPS) is 11.4. The molecule has 0 spiro atoms. The molecule has 0 N–H and O–H groups in total. The third-order valence-electron chi connectivity index (χ3n) is 4.32. The van der Waals surface area contributed by atoms with Gasteiger partial charge >= 0.3 is 0 Å². The van der Waals surface area contributed by atoms with Crippen LogP contribution in [0.2, 0.25) is 0 Å². The van der Waals surface area contributed by atoms with E-state index < -0.39 is 17.8 Å². The van der Waals surface area contributed by atoms with Crippen LogP contribution < -0.4 is 0 Å². The zero-order valence-corrected chi connectivity index (χ0v) is 14.4. The lowest BCUT2D eigenvalue weighted by Crippen LogP contribution is -2.02. The Hall–Kier alpha value is -3.22. The number of pyridine rings is 2. The van der Waals surface area contributed by atoms with E-state index in [9.17, 15) is 13.2 Å². The first kappa shape index (κ1) is 17.2. The fraction of sp³-hybridized carbons (Fsp3) is 0.150. The molecule has 4 rings (SSSR count). The largest absolute Gasteiger partial charge is 0.266 e. The first-order valence-corrected chi connectivity index (χ1v) is 8.31. The van der Waals surface area contributed by atoms with Crippen molar-refractivity contribution in [2.75, 3.05) is 0 Å². The number of alkyl halides is 2. The van der Waals surface area contributed by atoms with Gasteiger partial charge in [0.2, 0.25) is 0 Å². The molecule has 0 unspecified atom stereocenters. The van der Waals surface area contributed by atoms with E-state index in [0.29, 0.717) is 23.2 Å². The summed E-state index contributed by atoms with van der Waals surface area (Å²) in [6.45, 7) is 2.47. The van der Waals surface area contributed by atoms with Crippen molar-refractivity contribution in [2.45, 2.75) is 19.9 Å². The van der Waals surface area contributed by atoms with Crippen LogP contribution in [0, 0.1) is 12.7 Å². The van der Waals surface area contributed by atoms with E-state index in [-0.39, 0.29) is 0 Å². The predicted molar refractivity (Wildman–Crippen MR) is 96.0 cm³/mol. The molecule has 1 aromatic carbocycles. The Morgan fingerprint density at radius 3 is 2.63 bits per heavy atom. The van der Waals surface area contributed by atoms with Gasteiger partial charge in [0.25, 0.3) is 6.43 Å². The molecule has 3 heterocycles. The predicted octanol–water partition coefficient (Wildman–Crippen LogP) is 4.93. The number of benzene rings is 1. The highest BCUT2D eigenvalue weighted by atomic mass is 19.3. The van der Waals surface area contributed by atoms with Crippen molar-refractivity contribution in [1.82, 2.24) is 19.7 Å². The lowest BCUT2D eigenvalue weighted by atomic mass is 10.0. The van der Waals surface area contributed by atoms with Gasteiger partial charge in [-0.25, -0.2) is 13.2 Å². The van der Waals surface area contributed by atoms with Gasteiger partial charge in [-0.15, -0.1) is 0 Å². The summed E-state index contributed by atoms with van der Waals surface area (Å²) in [5, 5.41) is 4.36. The molecule has 0 atom stereocenters. The zero-order valence-electron chi connectivity index (χ0n) is 14.4. The van der Waals surface area contributed by atoms with Gasteiger partial charge in [0.05, 0.1) is 23.8 Å². The highest BCUT2D eigenvalue weighted by molar-refractivity contribution is 5.80. The summed E-state index contributed by atoms with van der Waals surface area (Å²) in [6, 6.07) is 7.52. The van der Waals surface area contributed by atoms with Crippen LogP contribution in [0.25, 0.3) is 22.2 Å². The Labute approximate surface area is 153 Å². The molecule has 136 valence electrons. The van der Waals surface area contributed by atoms with Crippen LogP contribution >= 0.6 is 0 Å². The fourth-order valence-electron chi connectivity index (χ4n) is 3.01. The number of nitrogens with zero attached hydrogens (tertiary/aromatic N) is 4. The van der Waals surface area contributed by atoms with Gasteiger partial charge in [-0.05, 0) is 41.8 Å². The Morgan fingerprint density at radius 1 is 1.00 bits per heavy atom. The zero-order chi connectivity index (χ0) is 19.0. The molecule has 0 aliphatic heterocycles. The fourth-order valence-corrected chi connectivity index (χ4v) is 3.01. The lowest BCUT2D eigenvalue weighted by Gasteiger charge is -2.08. The van der Waals surface area contributed by atoms with E-state index >= 15 is 0 Å². The summed E-state index contributed by atoms with van der Waals surface area (Å²) >= 11 is 0. The number of halogens is 3. The van der Waals surface area contributed by atoms with E-state index in [2.05, 4.69) is 15.1 Å². The van der Waals surface area contributed by atoms with Gasteiger partial charge in [0.1, 0.15) is 11.3 Å². The van der Waals surface area contributed by atoms with Crippen molar-refractivity contribution < 1.29 is 13.2 Å². The topological polar surface area (TPSA) is 43.6 Å². The quantitative estimate of drug-likeness (QED) is 0.513. The number of aryl methyl sites for hydroxylation is 1. The standard InChI is InChI=1S/C20H15F3N4/c1-12-4-13(8-24-7-12)11-27-19-6-15(9-25-18(19)10-26-27)14-2-3-17(21)16(5-14)20(22)23/h2-10,20H,11H2,1H3. The van der Waals surface area contributed by atoms with Gasteiger partial charge in [-0.3, -0.25) is 14.6 Å². The first-order valence-electron chi connectivity index (χ1n) is 8.31. The Bertz CT molecular complexity index is 1120. The molecule has 27 heavy (non-hydrogen) atoms. The highest BCUT2D eigenvalue weighted by Crippen LogP contribution is 2.29. The Balaban J connectivity index is 1.75. The molecule has 0 aliphatic rings. The monoisotopic (exact) mass is 368 g/mol. The first-order chi connectivity index (χ1) is 13.0. The van der Waals surface area contributed by atoms with Crippen LogP contribution in [0.5, 0.6) is 0 Å². The van der Waals surface area contributed by atoms with Gasteiger partial charge < -0.3 is 0 Å². The molecule has 0 radical (unpaired) electrons. The van der Waals surface area contributed by atoms with E-state index in [1.165, 1.54) is 6.07 Å². The van der Waals surface area contributed by atoms with Crippen LogP contribution in [-0.4, -0.2) is 19.7 Å². The molecular formula is C20H15F3N4. The van der Waals surface area contributed by atoms with E-state index in [1.54, 1.807) is 29.5 Å². The summed E-state index contributed by atoms with van der Waals surface area (Å²) < 4.78 is 41.3. The average Bonchev–Trinajstić information content (AvgIpc) is 3.04. The summed E-state index contributed by atoms with van der Waals surface area (Å²) in [5.41, 5.74) is 3.97. The average molecular weight is 368 g/mol. The van der Waals surface area contributed by atoms with Crippen LogP contribution in [0.4, 0.5) is 13.2 Å². The molecule has 7 heteroatoms. The second kappa shape index (κ2) is 6.83. The molecule has 0 aliphatic carbocycles. The molecule has 0 saturated carbocycles. The van der Waals surface area contributed by atoms with E-state index in [4.69, 9.17) is 0 Å². The maximum atomic E-state index is 13.6. The summed E-state index contributed by atoms with van der Waals surface area (Å²) in [4.78, 5) is 8.54. The van der Waals surface area contributed by atoms with E-state index in [0.717, 1.165) is 28.8 Å². The van der Waals surface area contributed by atoms with Gasteiger partial charge in [-0.2, -0.15) is 5.10 Å². The van der Waals surface area contributed by atoms with Crippen molar-refractivity contribution in [3.63, 3.8) is 0 Å². The third kappa shape index (κ3) is 3.40. The highest BCUT2D eigenvalue weighted by Gasteiger charge is 2.15. The van der Waals surface area contributed by atoms with Crippen LogP contribution in [0.1, 0.15) is 23.1 Å². The van der Waals surface area contributed by atoms with Crippen molar-refractivity contribution in [3.8, 4) is 11.1 Å². The maximum Gasteiger partial charge on any atom is 0.266 e. The van der Waals surface area contributed by atoms with Crippen LogP contribution in [0.15, 0.2) is 55.1 Å². The van der Waals surface area contributed by atoms with Crippen LogP contribution in [-0.2, 0) is 6.54 Å². The summed E-state index contributed by atoms with van der Waals surface area (Å²) in [7, 11) is 0. The van der Waals surface area contributed by atoms with Gasteiger partial charge in [0.15, 0.2) is 0 Å². The lowest BCUT2D eigenvalue weighted by molar-refractivity contribution is 0.146. The van der Waals surface area contributed by atoms with Gasteiger partial charge in [0, 0.05) is 24.2 Å². The molecule has 4 aromatic rings. The molecule has 4 nitrogen and oxygen atoms in total. The molecule has 3 aromatic heterocycles. The number of hydrogen-bond acceptors (Lipinski definition) is 3. The molecular weight excluding hydrogens is 353 g/mol. The minimum atomic E-state index is -2.87. The maximum absolute atomic E-state index is 13.6. The second-order valence-electron chi connectivity index (χ2n) is 6.34. The SMILES string of the molecule is Cc1cncc(Cn2ncc3ncc(-c4ccc(F)c(C(F)F)c4)cc32)c1. The van der Waals surface area contributed by atoms with Crippen molar-refractivity contribution >= 4 is 11.0 Å². The van der Waals surface area contributed by atoms with E-state index in [1.807, 2.05) is 19.1 Å². The number of hydrogen-bond donors (Lipinski definition) is 0. The molecule has 0 fully saturated rings. The smallest absolute Gasteiger partial charge is 0.264 e. The number of aromatic nitrogens is 4. The Morgan fingerprint density at radius 2 is 1.85 bits per heavy atom. The third-order valence-corrected chi connectivity index (χ3v) is 4.32. The molecule has 0 bridgehead atoms. The Kier molecular flexibility index (Phi) is 4.35. The van der Waals surface area contributed by atoms with Crippen molar-refractivity contribution in [3.05, 3.63) is 77.6 Å². The van der Waals surface area contributed by atoms with Crippen molar-refractivity contribution in [2.24, 2.45) is 0 Å². The van der Waals surface area contributed by atoms with Crippen molar-refractivity contribution in [1.29, 1.82) is 0 Å². The number of rotatable bonds is 4.